The summed E-state index contributed by atoms with van der Waals surface area (Å²) in [6, 6.07) is 2.74. The zero-order valence-electron chi connectivity index (χ0n) is 12.4. The van der Waals surface area contributed by atoms with Gasteiger partial charge in [-0.3, -0.25) is 0 Å². The van der Waals surface area contributed by atoms with E-state index in [1.54, 1.807) is 6.92 Å². The Labute approximate surface area is 131 Å². The van der Waals surface area contributed by atoms with Gasteiger partial charge in [-0.15, -0.1) is 0 Å². The quantitative estimate of drug-likeness (QED) is 0.809. The number of hydrogen-bond donors (Lipinski definition) is 2. The number of benzene rings is 1. The van der Waals surface area contributed by atoms with E-state index in [4.69, 9.17) is 17.3 Å². The maximum atomic E-state index is 12.4. The Kier molecular flexibility index (Phi) is 5.14. The molecule has 3 N–H and O–H groups in total. The average Bonchev–Trinajstić information content (AvgIpc) is 2.87. The van der Waals surface area contributed by atoms with Gasteiger partial charge in [0.2, 0.25) is 10.0 Å². The largest absolute Gasteiger partial charge is 0.398 e. The molecule has 0 aromatic heterocycles. The normalized spacial score (nSPS) is 18.0. The number of anilines is 1. The van der Waals surface area contributed by atoms with Gasteiger partial charge in [-0.05, 0) is 57.5 Å². The number of nitrogens with two attached hydrogens (primary N) is 1. The maximum Gasteiger partial charge on any atom is 0.240 e. The van der Waals surface area contributed by atoms with Gasteiger partial charge in [-0.2, -0.15) is 0 Å². The highest BCUT2D eigenvalue weighted by molar-refractivity contribution is 7.89. The van der Waals surface area contributed by atoms with Gasteiger partial charge in [0.15, 0.2) is 0 Å². The zero-order chi connectivity index (χ0) is 15.6. The Morgan fingerprint density at radius 2 is 2.00 bits per heavy atom. The van der Waals surface area contributed by atoms with Crippen molar-refractivity contribution in [1.29, 1.82) is 0 Å². The van der Waals surface area contributed by atoms with Gasteiger partial charge in [0, 0.05) is 23.3 Å². The van der Waals surface area contributed by atoms with Crippen molar-refractivity contribution in [3.8, 4) is 0 Å². The minimum absolute atomic E-state index is 0.115. The molecule has 1 aliphatic rings. The smallest absolute Gasteiger partial charge is 0.240 e. The zero-order valence-corrected chi connectivity index (χ0v) is 14.0. The van der Waals surface area contributed by atoms with E-state index in [-0.39, 0.29) is 10.9 Å². The topological polar surface area (TPSA) is 75.4 Å². The van der Waals surface area contributed by atoms with Crippen LogP contribution in [0.2, 0.25) is 5.02 Å². The van der Waals surface area contributed by atoms with E-state index in [2.05, 4.69) is 9.62 Å². The molecule has 118 valence electrons. The molecular weight excluding hydrogens is 310 g/mol. The van der Waals surface area contributed by atoms with Crippen molar-refractivity contribution < 1.29 is 8.42 Å². The van der Waals surface area contributed by atoms with Crippen molar-refractivity contribution in [2.24, 2.45) is 0 Å². The van der Waals surface area contributed by atoms with Crippen LogP contribution < -0.4 is 10.5 Å². The third-order valence-corrected chi connectivity index (χ3v) is 5.72. The van der Waals surface area contributed by atoms with Gasteiger partial charge in [0.05, 0.1) is 4.90 Å². The third-order valence-electron chi connectivity index (χ3n) is 3.76. The lowest BCUT2D eigenvalue weighted by Gasteiger charge is -2.21. The van der Waals surface area contributed by atoms with Crippen LogP contribution in [0.1, 0.15) is 25.3 Å². The molecule has 0 spiro atoms. The highest BCUT2D eigenvalue weighted by Gasteiger charge is 2.22. The summed E-state index contributed by atoms with van der Waals surface area (Å²) in [6.45, 7) is 6.42. The van der Waals surface area contributed by atoms with E-state index < -0.39 is 10.0 Å². The van der Waals surface area contributed by atoms with Crippen LogP contribution in [0.25, 0.3) is 0 Å². The molecule has 1 fully saturated rings. The number of hydrogen-bond acceptors (Lipinski definition) is 4. The van der Waals surface area contributed by atoms with Crippen LogP contribution in [0.3, 0.4) is 0 Å². The van der Waals surface area contributed by atoms with E-state index in [0.29, 0.717) is 22.8 Å². The molecule has 0 amide bonds. The Balaban J connectivity index is 2.10. The van der Waals surface area contributed by atoms with Gasteiger partial charge in [0.1, 0.15) is 0 Å². The van der Waals surface area contributed by atoms with Crippen molar-refractivity contribution in [2.75, 3.05) is 25.4 Å². The summed E-state index contributed by atoms with van der Waals surface area (Å²) in [7, 11) is -3.60. The van der Waals surface area contributed by atoms with Crippen LogP contribution >= 0.6 is 11.6 Å². The van der Waals surface area contributed by atoms with Crippen molar-refractivity contribution >= 4 is 27.3 Å². The Morgan fingerprint density at radius 3 is 2.57 bits per heavy atom. The number of likely N-dealkylation sites (tertiary alicyclic amines) is 1. The minimum atomic E-state index is -3.60. The first-order valence-corrected chi connectivity index (χ1v) is 8.96. The maximum absolute atomic E-state index is 12.4. The summed E-state index contributed by atoms with van der Waals surface area (Å²) in [6.07, 6.45) is 2.37. The molecule has 21 heavy (non-hydrogen) atoms. The fourth-order valence-electron chi connectivity index (χ4n) is 2.55. The van der Waals surface area contributed by atoms with E-state index in [9.17, 15) is 8.42 Å². The van der Waals surface area contributed by atoms with Crippen LogP contribution in [0.15, 0.2) is 17.0 Å². The summed E-state index contributed by atoms with van der Waals surface area (Å²) in [5.41, 5.74) is 6.88. The van der Waals surface area contributed by atoms with Gasteiger partial charge < -0.3 is 10.6 Å². The molecule has 1 atom stereocenters. The second-order valence-corrected chi connectivity index (χ2v) is 7.77. The Bertz CT molecular complexity index is 590. The van der Waals surface area contributed by atoms with E-state index in [1.807, 2.05) is 6.92 Å². The molecule has 0 radical (unpaired) electrons. The molecule has 1 aromatic rings. The van der Waals surface area contributed by atoms with Crippen LogP contribution in [-0.4, -0.2) is 39.0 Å². The van der Waals surface area contributed by atoms with E-state index in [1.165, 1.54) is 25.0 Å². The molecule has 0 saturated carbocycles. The Morgan fingerprint density at radius 1 is 1.38 bits per heavy atom. The number of nitrogens with zero attached hydrogens (tertiary/aromatic N) is 1. The summed E-state index contributed by atoms with van der Waals surface area (Å²) in [5.74, 6) is 0. The molecule has 1 aliphatic heterocycles. The van der Waals surface area contributed by atoms with Gasteiger partial charge in [0.25, 0.3) is 0 Å². The predicted molar refractivity (Wildman–Crippen MR) is 86.1 cm³/mol. The molecule has 5 nitrogen and oxygen atoms in total. The van der Waals surface area contributed by atoms with Gasteiger partial charge in [-0.25, -0.2) is 13.1 Å². The second-order valence-electron chi connectivity index (χ2n) is 5.65. The molecule has 0 bridgehead atoms. The first kappa shape index (κ1) is 16.5. The summed E-state index contributed by atoms with van der Waals surface area (Å²) in [5, 5.41) is 0.363. The van der Waals surface area contributed by atoms with Crippen LogP contribution in [0.4, 0.5) is 5.69 Å². The van der Waals surface area contributed by atoms with Crippen LogP contribution in [0.5, 0.6) is 0 Å². The number of halogens is 1. The first-order valence-electron chi connectivity index (χ1n) is 7.10. The van der Waals surface area contributed by atoms with Crippen molar-refractivity contribution in [2.45, 2.75) is 37.6 Å². The van der Waals surface area contributed by atoms with E-state index in [0.717, 1.165) is 13.1 Å². The first-order chi connectivity index (χ1) is 9.79. The molecule has 1 heterocycles. The molecular formula is C14H22ClN3O2S. The van der Waals surface area contributed by atoms with Crippen molar-refractivity contribution in [3.05, 3.63) is 22.7 Å². The molecule has 0 aliphatic carbocycles. The lowest BCUT2D eigenvalue weighted by Crippen LogP contribution is -2.41. The summed E-state index contributed by atoms with van der Waals surface area (Å²) >= 11 is 6.02. The lowest BCUT2D eigenvalue weighted by molar-refractivity contribution is 0.313. The summed E-state index contributed by atoms with van der Waals surface area (Å²) in [4.78, 5) is 2.38. The number of sulfonamides is 1. The SMILES string of the molecule is Cc1c(N)cc(S(=O)(=O)NC(C)CN2CCCC2)cc1Cl. The molecule has 7 heteroatoms. The molecule has 2 rings (SSSR count). The van der Waals surface area contributed by atoms with Gasteiger partial charge in [-0.1, -0.05) is 11.6 Å². The number of rotatable bonds is 5. The van der Waals surface area contributed by atoms with Crippen LogP contribution in [0, 0.1) is 6.92 Å². The van der Waals surface area contributed by atoms with Crippen molar-refractivity contribution in [1.82, 2.24) is 9.62 Å². The predicted octanol–water partition coefficient (Wildman–Crippen LogP) is 1.99. The fraction of sp³-hybridized carbons (Fsp3) is 0.571. The Hall–Kier alpha value is -0.820. The standard InChI is InChI=1S/C14H22ClN3O2S/c1-10(9-18-5-3-4-6-18)17-21(19,20)12-7-13(15)11(2)14(16)8-12/h7-8,10,17H,3-6,9,16H2,1-2H3. The highest BCUT2D eigenvalue weighted by atomic mass is 35.5. The number of nitrogens with one attached hydrogen (secondary N) is 1. The van der Waals surface area contributed by atoms with E-state index >= 15 is 0 Å². The fourth-order valence-corrected chi connectivity index (χ4v) is 4.14. The molecule has 1 aromatic carbocycles. The highest BCUT2D eigenvalue weighted by Crippen LogP contribution is 2.26. The number of nitrogen functional groups attached to an aromatic ring is 1. The average molecular weight is 332 g/mol. The lowest BCUT2D eigenvalue weighted by atomic mass is 10.2. The summed E-state index contributed by atoms with van der Waals surface area (Å²) < 4.78 is 27.5. The molecule has 1 saturated heterocycles. The monoisotopic (exact) mass is 331 g/mol. The van der Waals surface area contributed by atoms with Crippen LogP contribution in [-0.2, 0) is 10.0 Å². The second kappa shape index (κ2) is 6.52. The minimum Gasteiger partial charge on any atom is -0.398 e. The third kappa shape index (κ3) is 4.10. The molecule has 1 unspecified atom stereocenters. The van der Waals surface area contributed by atoms with Gasteiger partial charge >= 0.3 is 0 Å². The van der Waals surface area contributed by atoms with Crippen molar-refractivity contribution in [3.63, 3.8) is 0 Å².